The highest BCUT2D eigenvalue weighted by Crippen LogP contribution is 2.16. The summed E-state index contributed by atoms with van der Waals surface area (Å²) < 4.78 is 12.6. The van der Waals surface area contributed by atoms with Gasteiger partial charge in [0.05, 0.1) is 5.69 Å². The molecule has 0 atom stereocenters. The molecule has 0 unspecified atom stereocenters. The highest BCUT2D eigenvalue weighted by Gasteiger charge is 1.91. The Balaban J connectivity index is 2.15. The van der Waals surface area contributed by atoms with Crippen LogP contribution in [0.4, 0.5) is 10.1 Å². The van der Waals surface area contributed by atoms with E-state index in [1.54, 1.807) is 30.5 Å². The number of rotatable bonds is 2. The number of benzene rings is 2. The number of hydrogen-bond acceptors (Lipinski definition) is 1. The lowest BCUT2D eigenvalue weighted by Gasteiger charge is -1.94. The van der Waals surface area contributed by atoms with Crippen molar-refractivity contribution in [1.82, 2.24) is 0 Å². The average Bonchev–Trinajstić information content (AvgIpc) is 2.30. The minimum Gasteiger partial charge on any atom is -0.256 e. The van der Waals surface area contributed by atoms with Crippen molar-refractivity contribution in [2.24, 2.45) is 4.99 Å². The molecule has 2 rings (SSSR count). The summed E-state index contributed by atoms with van der Waals surface area (Å²) >= 11 is 5.75. The Labute approximate surface area is 98.2 Å². The van der Waals surface area contributed by atoms with Crippen molar-refractivity contribution in [3.8, 4) is 0 Å². The van der Waals surface area contributed by atoms with Gasteiger partial charge >= 0.3 is 0 Å². The van der Waals surface area contributed by atoms with E-state index in [9.17, 15) is 4.39 Å². The first-order valence-electron chi connectivity index (χ1n) is 4.79. The number of halogens is 2. The molecular formula is C13H9ClFN. The van der Waals surface area contributed by atoms with E-state index in [1.165, 1.54) is 12.1 Å². The van der Waals surface area contributed by atoms with Gasteiger partial charge in [0.25, 0.3) is 0 Å². The Morgan fingerprint density at radius 2 is 1.56 bits per heavy atom. The molecule has 0 aliphatic rings. The summed E-state index contributed by atoms with van der Waals surface area (Å²) in [5.41, 5.74) is 1.67. The van der Waals surface area contributed by atoms with Gasteiger partial charge in [-0.15, -0.1) is 0 Å². The van der Waals surface area contributed by atoms with Crippen LogP contribution in [0.1, 0.15) is 5.56 Å². The van der Waals surface area contributed by atoms with E-state index in [-0.39, 0.29) is 5.82 Å². The average molecular weight is 234 g/mol. The third-order valence-corrected chi connectivity index (χ3v) is 2.31. The van der Waals surface area contributed by atoms with E-state index in [2.05, 4.69) is 4.99 Å². The molecule has 1 nitrogen and oxygen atoms in total. The van der Waals surface area contributed by atoms with Gasteiger partial charge in [0.15, 0.2) is 0 Å². The van der Waals surface area contributed by atoms with Crippen LogP contribution in [-0.2, 0) is 0 Å². The topological polar surface area (TPSA) is 12.4 Å². The Hall–Kier alpha value is -1.67. The molecule has 0 spiro atoms. The molecule has 80 valence electrons. The van der Waals surface area contributed by atoms with E-state index in [0.29, 0.717) is 5.02 Å². The maximum Gasteiger partial charge on any atom is 0.123 e. The molecule has 0 aliphatic carbocycles. The van der Waals surface area contributed by atoms with Crippen LogP contribution in [-0.4, -0.2) is 6.21 Å². The molecule has 2 aromatic carbocycles. The summed E-state index contributed by atoms with van der Waals surface area (Å²) in [6.07, 6.45) is 1.68. The fourth-order valence-electron chi connectivity index (χ4n) is 1.23. The van der Waals surface area contributed by atoms with Crippen LogP contribution in [0.25, 0.3) is 0 Å². The molecule has 16 heavy (non-hydrogen) atoms. The summed E-state index contributed by atoms with van der Waals surface area (Å²) in [4.78, 5) is 4.24. The van der Waals surface area contributed by atoms with E-state index in [4.69, 9.17) is 11.6 Å². The molecule has 0 fully saturated rings. The van der Waals surface area contributed by atoms with Crippen molar-refractivity contribution >= 4 is 23.5 Å². The first-order valence-corrected chi connectivity index (χ1v) is 5.17. The number of nitrogens with zero attached hydrogens (tertiary/aromatic N) is 1. The minimum atomic E-state index is -0.247. The molecule has 0 aliphatic heterocycles. The monoisotopic (exact) mass is 233 g/mol. The molecule has 0 radical (unpaired) electrons. The lowest BCUT2D eigenvalue weighted by Crippen LogP contribution is -1.80. The van der Waals surface area contributed by atoms with Crippen molar-refractivity contribution in [3.05, 3.63) is 64.9 Å². The normalized spacial score (nSPS) is 10.9. The Bertz CT molecular complexity index is 441. The third kappa shape index (κ3) is 2.91. The first-order chi connectivity index (χ1) is 7.74. The summed E-state index contributed by atoms with van der Waals surface area (Å²) in [6, 6.07) is 13.4. The van der Waals surface area contributed by atoms with Gasteiger partial charge in [-0.25, -0.2) is 4.39 Å². The third-order valence-electron chi connectivity index (χ3n) is 2.06. The fraction of sp³-hybridized carbons (Fsp3) is 0. The van der Waals surface area contributed by atoms with Crippen molar-refractivity contribution in [3.63, 3.8) is 0 Å². The Morgan fingerprint density at radius 3 is 2.19 bits per heavy atom. The zero-order valence-corrected chi connectivity index (χ0v) is 9.16. The first kappa shape index (κ1) is 10.8. The highest BCUT2D eigenvalue weighted by molar-refractivity contribution is 6.30. The van der Waals surface area contributed by atoms with Crippen LogP contribution in [0, 0.1) is 5.82 Å². The lowest BCUT2D eigenvalue weighted by atomic mass is 10.2. The molecule has 0 saturated heterocycles. The lowest BCUT2D eigenvalue weighted by molar-refractivity contribution is 0.628. The summed E-state index contributed by atoms with van der Waals surface area (Å²) in [5.74, 6) is -0.247. The zero-order valence-electron chi connectivity index (χ0n) is 8.40. The summed E-state index contributed by atoms with van der Waals surface area (Å²) in [7, 11) is 0. The second-order valence-electron chi connectivity index (χ2n) is 3.29. The van der Waals surface area contributed by atoms with Gasteiger partial charge in [0.2, 0.25) is 0 Å². The van der Waals surface area contributed by atoms with E-state index >= 15 is 0 Å². The Morgan fingerprint density at radius 1 is 0.938 bits per heavy atom. The fourth-order valence-corrected chi connectivity index (χ4v) is 1.35. The van der Waals surface area contributed by atoms with Crippen LogP contribution >= 0.6 is 11.6 Å². The van der Waals surface area contributed by atoms with Gasteiger partial charge in [-0.1, -0.05) is 23.7 Å². The molecular weight excluding hydrogens is 225 g/mol. The van der Waals surface area contributed by atoms with Gasteiger partial charge in [-0.05, 0) is 42.0 Å². The second kappa shape index (κ2) is 4.90. The molecule has 3 heteroatoms. The van der Waals surface area contributed by atoms with E-state index in [0.717, 1.165) is 11.3 Å². The van der Waals surface area contributed by atoms with E-state index < -0.39 is 0 Å². The molecule has 2 aromatic rings. The van der Waals surface area contributed by atoms with Gasteiger partial charge in [0.1, 0.15) is 5.82 Å². The van der Waals surface area contributed by atoms with Crippen LogP contribution in [0.2, 0.25) is 5.02 Å². The van der Waals surface area contributed by atoms with Crippen LogP contribution < -0.4 is 0 Å². The van der Waals surface area contributed by atoms with Gasteiger partial charge in [-0.2, -0.15) is 0 Å². The van der Waals surface area contributed by atoms with Crippen LogP contribution in [0.3, 0.4) is 0 Å². The molecule has 0 bridgehead atoms. The van der Waals surface area contributed by atoms with Crippen molar-refractivity contribution < 1.29 is 4.39 Å². The van der Waals surface area contributed by atoms with Crippen molar-refractivity contribution in [1.29, 1.82) is 0 Å². The van der Waals surface area contributed by atoms with Gasteiger partial charge < -0.3 is 0 Å². The van der Waals surface area contributed by atoms with Gasteiger partial charge in [0, 0.05) is 11.2 Å². The van der Waals surface area contributed by atoms with Crippen LogP contribution in [0.15, 0.2) is 53.5 Å². The highest BCUT2D eigenvalue weighted by atomic mass is 35.5. The van der Waals surface area contributed by atoms with Crippen LogP contribution in [0.5, 0.6) is 0 Å². The smallest absolute Gasteiger partial charge is 0.123 e. The number of hydrogen-bond donors (Lipinski definition) is 0. The Kier molecular flexibility index (Phi) is 3.32. The largest absolute Gasteiger partial charge is 0.256 e. The maximum atomic E-state index is 12.6. The standard InChI is InChI=1S/C13H9ClFN/c14-11-3-7-13(8-4-11)16-9-10-1-5-12(15)6-2-10/h1-9H/b16-9+. The SMILES string of the molecule is Fc1ccc(/C=N/c2ccc(Cl)cc2)cc1. The molecule has 0 aromatic heterocycles. The molecule has 0 saturated carbocycles. The zero-order chi connectivity index (χ0) is 11.4. The second-order valence-corrected chi connectivity index (χ2v) is 3.72. The summed E-state index contributed by atoms with van der Waals surface area (Å²) in [5, 5.41) is 0.681. The summed E-state index contributed by atoms with van der Waals surface area (Å²) in [6.45, 7) is 0. The molecule has 0 heterocycles. The quantitative estimate of drug-likeness (QED) is 0.689. The predicted molar refractivity (Wildman–Crippen MR) is 65.1 cm³/mol. The minimum absolute atomic E-state index is 0.247. The van der Waals surface area contributed by atoms with Crippen molar-refractivity contribution in [2.45, 2.75) is 0 Å². The predicted octanol–water partition coefficient (Wildman–Crippen LogP) is 4.23. The van der Waals surface area contributed by atoms with Gasteiger partial charge in [-0.3, -0.25) is 4.99 Å². The molecule has 0 amide bonds. The van der Waals surface area contributed by atoms with E-state index in [1.807, 2.05) is 12.1 Å². The molecule has 0 N–H and O–H groups in total. The number of aliphatic imine (C=N–C) groups is 1. The van der Waals surface area contributed by atoms with Crippen molar-refractivity contribution in [2.75, 3.05) is 0 Å². The maximum absolute atomic E-state index is 12.6.